The molecule has 2 aromatic carbocycles. The third kappa shape index (κ3) is 3.07. The lowest BCUT2D eigenvalue weighted by atomic mass is 10.2. The average molecular weight is 321 g/mol. The van der Waals surface area contributed by atoms with Crippen molar-refractivity contribution in [2.45, 2.75) is 19.8 Å². The fourth-order valence-corrected chi connectivity index (χ4v) is 9.98. The largest absolute Gasteiger partial charge is 0.378 e. The molecule has 0 amide bonds. The van der Waals surface area contributed by atoms with Crippen molar-refractivity contribution in [1.82, 2.24) is 0 Å². The van der Waals surface area contributed by atoms with Crippen LogP contribution in [0.1, 0.15) is 11.1 Å². The Hall–Kier alpha value is -1.29. The van der Waals surface area contributed by atoms with E-state index >= 15 is 0 Å². The molecule has 0 spiro atoms. The minimum Gasteiger partial charge on any atom is -0.0866 e. The molecule has 0 saturated heterocycles. The van der Waals surface area contributed by atoms with E-state index in [9.17, 15) is 0 Å². The molecule has 0 fully saturated rings. The molecule has 0 nitrogen and oxygen atoms in total. The molecule has 0 N–H and O–H groups in total. The predicted octanol–water partition coefficient (Wildman–Crippen LogP) is 5.00. The Balaban J connectivity index is 2.07. The molecule has 22 heavy (non-hydrogen) atoms. The highest BCUT2D eigenvalue weighted by molar-refractivity contribution is 8.10. The van der Waals surface area contributed by atoms with Crippen LogP contribution in [0.3, 0.4) is 0 Å². The fourth-order valence-electron chi connectivity index (χ4n) is 2.78. The summed E-state index contributed by atoms with van der Waals surface area (Å²) in [5, 5.41) is 2.60. The van der Waals surface area contributed by atoms with Gasteiger partial charge in [-0.1, -0.05) is 43.9 Å². The van der Waals surface area contributed by atoms with E-state index in [0.717, 1.165) is 5.90 Å². The SMILES string of the molecule is [B][P+](Cp1cc(C)c(C)c1)(c1ccccc1)c1ccccc1. The van der Waals surface area contributed by atoms with E-state index in [4.69, 9.17) is 7.57 Å². The lowest BCUT2D eigenvalue weighted by Crippen LogP contribution is -2.22. The van der Waals surface area contributed by atoms with Crippen LogP contribution < -0.4 is 10.6 Å². The third-order valence-corrected chi connectivity index (χ3v) is 11.1. The molecule has 0 bridgehead atoms. The maximum Gasteiger partial charge on any atom is 0.378 e. The summed E-state index contributed by atoms with van der Waals surface area (Å²) >= 11 is 0. The van der Waals surface area contributed by atoms with E-state index in [2.05, 4.69) is 86.1 Å². The second-order valence-corrected chi connectivity index (χ2v) is 11.3. The van der Waals surface area contributed by atoms with Crippen LogP contribution in [-0.4, -0.2) is 7.57 Å². The van der Waals surface area contributed by atoms with E-state index in [1.165, 1.54) is 21.7 Å². The van der Waals surface area contributed by atoms with Gasteiger partial charge in [0.25, 0.3) is 0 Å². The van der Waals surface area contributed by atoms with Gasteiger partial charge in [0.05, 0.1) is 16.5 Å². The molecule has 3 heteroatoms. The minimum absolute atomic E-state index is 0.259. The monoisotopic (exact) mass is 321 g/mol. The van der Waals surface area contributed by atoms with E-state index in [1.807, 2.05) is 0 Å². The first-order valence-corrected chi connectivity index (χ1v) is 11.2. The van der Waals surface area contributed by atoms with Gasteiger partial charge < -0.3 is 0 Å². The summed E-state index contributed by atoms with van der Waals surface area (Å²) in [5.74, 6) is 5.92. The smallest absolute Gasteiger partial charge is 0.0866 e. The third-order valence-electron chi connectivity index (χ3n) is 4.16. The van der Waals surface area contributed by atoms with Gasteiger partial charge in [0, 0.05) is 7.14 Å². The normalized spacial score (nSPS) is 11.5. The van der Waals surface area contributed by atoms with Crippen LogP contribution in [0.2, 0.25) is 0 Å². The predicted molar refractivity (Wildman–Crippen MR) is 103 cm³/mol. The van der Waals surface area contributed by atoms with Gasteiger partial charge in [-0.25, -0.2) is 0 Å². The quantitative estimate of drug-likeness (QED) is 0.469. The lowest BCUT2D eigenvalue weighted by Gasteiger charge is -2.23. The first-order valence-electron chi connectivity index (χ1n) is 7.50. The van der Waals surface area contributed by atoms with Gasteiger partial charge in [0.15, 0.2) is 0 Å². The highest BCUT2D eigenvalue weighted by Crippen LogP contribution is 2.60. The van der Waals surface area contributed by atoms with Gasteiger partial charge in [-0.2, -0.15) is 0 Å². The highest BCUT2D eigenvalue weighted by atomic mass is 31.2. The number of hydrogen-bond acceptors (Lipinski definition) is 0. The van der Waals surface area contributed by atoms with Crippen molar-refractivity contribution in [2.75, 3.05) is 0 Å². The van der Waals surface area contributed by atoms with Crippen LogP contribution in [0.4, 0.5) is 0 Å². The first kappa shape index (κ1) is 15.6. The molecule has 0 aliphatic carbocycles. The molecule has 0 unspecified atom stereocenters. The molecule has 3 aromatic rings. The Kier molecular flexibility index (Phi) is 4.58. The van der Waals surface area contributed by atoms with Gasteiger partial charge in [-0.3, -0.25) is 0 Å². The van der Waals surface area contributed by atoms with Gasteiger partial charge >= 0.3 is 7.57 Å². The Morgan fingerprint density at radius 3 is 1.59 bits per heavy atom. The van der Waals surface area contributed by atoms with Gasteiger partial charge in [-0.15, -0.1) is 0 Å². The molecule has 108 valence electrons. The van der Waals surface area contributed by atoms with Crippen LogP contribution in [0, 0.1) is 13.8 Å². The zero-order valence-corrected chi connectivity index (χ0v) is 14.9. The van der Waals surface area contributed by atoms with Crippen molar-refractivity contribution in [3.63, 3.8) is 0 Å². The Bertz CT molecular complexity index is 689. The summed E-state index contributed by atoms with van der Waals surface area (Å²) in [4.78, 5) is 0. The molecule has 0 aliphatic heterocycles. The summed E-state index contributed by atoms with van der Waals surface area (Å²) in [7, 11) is 4.98. The van der Waals surface area contributed by atoms with Crippen molar-refractivity contribution in [3.05, 3.63) is 83.4 Å². The number of rotatable bonds is 4. The van der Waals surface area contributed by atoms with E-state index in [-0.39, 0.29) is 7.53 Å². The average Bonchev–Trinajstić information content (AvgIpc) is 2.86. The number of aryl methyl sites for hydroxylation is 2. The molecule has 3 rings (SSSR count). The Morgan fingerprint density at radius 1 is 0.773 bits per heavy atom. The Morgan fingerprint density at radius 2 is 1.18 bits per heavy atom. The van der Waals surface area contributed by atoms with Crippen molar-refractivity contribution < 1.29 is 0 Å². The second kappa shape index (κ2) is 6.45. The summed E-state index contributed by atoms with van der Waals surface area (Å²) < 4.78 is 0. The lowest BCUT2D eigenvalue weighted by molar-refractivity contribution is 1.41. The summed E-state index contributed by atoms with van der Waals surface area (Å²) in [6.45, 7) is 4.41. The minimum atomic E-state index is -1.84. The molecule has 1 aromatic heterocycles. The molecular formula is C19H20BP2+. The van der Waals surface area contributed by atoms with Crippen molar-refractivity contribution >= 4 is 32.8 Å². The second-order valence-electron chi connectivity index (χ2n) is 5.82. The standard InChI is InChI=1S/C19H20BP2/c1-16-13-21(14-17(16)2)15-22(20,18-9-5-3-6-10-18)19-11-7-4-8-12-19/h3-14H,15H2,1-2H3/q+1. The van der Waals surface area contributed by atoms with E-state index in [1.54, 1.807) is 0 Å². The zero-order valence-electron chi connectivity index (χ0n) is 13.1. The molecule has 2 radical (unpaired) electrons. The van der Waals surface area contributed by atoms with Crippen molar-refractivity contribution in [3.8, 4) is 0 Å². The summed E-state index contributed by atoms with van der Waals surface area (Å²) in [6.07, 6.45) is 0. The highest BCUT2D eigenvalue weighted by Gasteiger charge is 2.37. The van der Waals surface area contributed by atoms with Crippen LogP contribution in [0.15, 0.2) is 72.3 Å². The maximum atomic E-state index is 7.08. The topological polar surface area (TPSA) is 0 Å². The summed E-state index contributed by atoms with van der Waals surface area (Å²) in [6, 6.07) is 21.3. The molecule has 1 heterocycles. The molecule has 0 saturated carbocycles. The van der Waals surface area contributed by atoms with Crippen LogP contribution in [0.25, 0.3) is 0 Å². The summed E-state index contributed by atoms with van der Waals surface area (Å²) in [5.41, 5.74) is 2.83. The maximum absolute atomic E-state index is 7.08. The van der Waals surface area contributed by atoms with E-state index < -0.39 is 7.14 Å². The number of hydrogen-bond donors (Lipinski definition) is 0. The van der Waals surface area contributed by atoms with Gasteiger partial charge in [0.1, 0.15) is 0 Å². The Labute approximate surface area is 136 Å². The first-order chi connectivity index (χ1) is 10.6. The zero-order chi connectivity index (χ0) is 15.6. The van der Waals surface area contributed by atoms with Crippen molar-refractivity contribution in [1.29, 1.82) is 0 Å². The molecule has 0 atom stereocenters. The van der Waals surface area contributed by atoms with Crippen molar-refractivity contribution in [2.24, 2.45) is 0 Å². The van der Waals surface area contributed by atoms with Gasteiger partial charge in [-0.05, 0) is 60.8 Å². The van der Waals surface area contributed by atoms with Crippen LogP contribution >= 0.6 is 14.7 Å². The molecule has 0 aliphatic rings. The number of benzene rings is 2. The van der Waals surface area contributed by atoms with E-state index in [0.29, 0.717) is 0 Å². The van der Waals surface area contributed by atoms with Crippen LogP contribution in [0.5, 0.6) is 0 Å². The van der Waals surface area contributed by atoms with Crippen LogP contribution in [-0.2, 0) is 5.90 Å². The molecular weight excluding hydrogens is 301 g/mol. The fraction of sp³-hybridized carbons (Fsp3) is 0.158. The van der Waals surface area contributed by atoms with Gasteiger partial charge in [0.2, 0.25) is 0 Å².